The molecule has 3 aromatic rings. The molecule has 0 unspecified atom stereocenters. The Bertz CT molecular complexity index is 1440. The normalized spacial score (nSPS) is 11.5. The topological polar surface area (TPSA) is 145 Å². The monoisotopic (exact) mass is 689 g/mol. The van der Waals surface area contributed by atoms with Crippen molar-refractivity contribution in [1.82, 2.24) is 0 Å². The van der Waals surface area contributed by atoms with E-state index >= 15 is 0 Å². The van der Waals surface area contributed by atoms with Crippen molar-refractivity contribution in [1.29, 1.82) is 0 Å². The summed E-state index contributed by atoms with van der Waals surface area (Å²) >= 11 is 0. The number of hydrogen-bond donors (Lipinski definition) is 2. The predicted octanol–water partition coefficient (Wildman–Crippen LogP) is 6.95. The summed E-state index contributed by atoms with van der Waals surface area (Å²) in [6.07, 6.45) is 3.46. The van der Waals surface area contributed by atoms with Crippen molar-refractivity contribution in [3.63, 3.8) is 0 Å². The third-order valence-electron chi connectivity index (χ3n) is 6.81. The Labute approximate surface area is 290 Å². The number of aliphatic imine (C=N–C) groups is 2. The summed E-state index contributed by atoms with van der Waals surface area (Å²) in [6, 6.07) is 15.9. The zero-order chi connectivity index (χ0) is 35.6. The summed E-state index contributed by atoms with van der Waals surface area (Å²) in [7, 11) is 0. The molecule has 1 radical (unpaired) electrons. The van der Waals surface area contributed by atoms with Gasteiger partial charge in [-0.3, -0.25) is 9.98 Å². The Hall–Kier alpha value is -3.95. The zero-order valence-electron chi connectivity index (χ0n) is 29.7. The average molecular weight is 690 g/mol. The third kappa shape index (κ3) is 14.6. The maximum atomic E-state index is 11.0. The molecule has 8 nitrogen and oxygen atoms in total. The van der Waals surface area contributed by atoms with Crippen LogP contribution in [0.3, 0.4) is 0 Å². The van der Waals surface area contributed by atoms with E-state index in [0.717, 1.165) is 36.3 Å². The van der Waals surface area contributed by atoms with Gasteiger partial charge in [0.15, 0.2) is 0 Å². The second-order valence-corrected chi connectivity index (χ2v) is 13.8. The van der Waals surface area contributed by atoms with E-state index in [9.17, 15) is 10.2 Å². The van der Waals surface area contributed by atoms with Crippen molar-refractivity contribution in [2.45, 2.75) is 106 Å². The van der Waals surface area contributed by atoms with Crippen LogP contribution in [-0.2, 0) is 37.2 Å². The van der Waals surface area contributed by atoms with Gasteiger partial charge in [-0.15, -0.1) is 0 Å². The molecule has 0 heterocycles. The van der Waals surface area contributed by atoms with Gasteiger partial charge in [0.2, 0.25) is 0 Å². The number of phenolic OH excluding ortho intramolecular Hbond substituents is 2. The van der Waals surface area contributed by atoms with Gasteiger partial charge in [-0.25, -0.2) is 0 Å². The smallest absolute Gasteiger partial charge is 0.550 e. The van der Waals surface area contributed by atoms with E-state index in [4.69, 9.17) is 19.8 Å². The predicted molar refractivity (Wildman–Crippen MR) is 184 cm³/mol. The molecule has 3 rings (SSSR count). The number of aliphatic carboxylic acids is 2. The number of carbonyl (C=O) groups is 2. The fourth-order valence-corrected chi connectivity index (χ4v) is 4.31. The molecule has 0 saturated heterocycles. The first-order valence-electron chi connectivity index (χ1n) is 15.3. The minimum atomic E-state index is -1.08. The SMILES string of the molecule is CC(=O)[O-].CC(=O)[O-].CC(C)c1cc(C=Nc2cccc(N=Cc3cc(C(C)C)cc(C(C)(C)C)c3O)c2)c(O)c(C(C)(C)C)c1.[Co+2]. The van der Waals surface area contributed by atoms with Gasteiger partial charge in [0.05, 0.1) is 11.4 Å². The van der Waals surface area contributed by atoms with E-state index in [1.54, 1.807) is 12.4 Å². The van der Waals surface area contributed by atoms with Crippen LogP contribution in [0.5, 0.6) is 11.5 Å². The van der Waals surface area contributed by atoms with Crippen LogP contribution in [0, 0.1) is 0 Å². The first kappa shape index (κ1) is 43.0. The van der Waals surface area contributed by atoms with Crippen molar-refractivity contribution < 1.29 is 46.8 Å². The summed E-state index contributed by atoms with van der Waals surface area (Å²) in [6.45, 7) is 23.2. The van der Waals surface area contributed by atoms with E-state index in [1.807, 2.05) is 36.4 Å². The second-order valence-electron chi connectivity index (χ2n) is 13.8. The quantitative estimate of drug-likeness (QED) is 0.268. The fourth-order valence-electron chi connectivity index (χ4n) is 4.31. The molecule has 0 aromatic heterocycles. The maximum absolute atomic E-state index is 11.0. The number of carboxylic acid groups (broad SMARTS) is 2. The van der Waals surface area contributed by atoms with Gasteiger partial charge < -0.3 is 30.0 Å². The second kappa shape index (κ2) is 18.4. The van der Waals surface area contributed by atoms with E-state index in [-0.39, 0.29) is 39.1 Å². The van der Waals surface area contributed by atoms with Gasteiger partial charge in [0.1, 0.15) is 11.5 Å². The molecule has 0 spiro atoms. The Morgan fingerprint density at radius 2 is 0.957 bits per heavy atom. The number of aromatic hydroxyl groups is 2. The average Bonchev–Trinajstić information content (AvgIpc) is 2.90. The van der Waals surface area contributed by atoms with E-state index < -0.39 is 11.9 Å². The Morgan fingerprint density at radius 3 is 1.21 bits per heavy atom. The standard InChI is InChI=1S/C34H44N2O2.2C2H4O2.Co/c1-21(2)23-14-25(31(37)29(16-23)33(5,6)7)19-35-27-12-11-13-28(18-27)36-20-26-15-24(22(3)4)17-30(32(26)38)34(8,9)10;2*1-2(3)4;/h11-22,37-38H,1-10H3;2*1H3,(H,3,4);/q;;;+2/p-2. The van der Waals surface area contributed by atoms with Crippen LogP contribution in [0.2, 0.25) is 0 Å². The van der Waals surface area contributed by atoms with Crippen LogP contribution in [0.4, 0.5) is 11.4 Å². The molecule has 3 aromatic carbocycles. The van der Waals surface area contributed by atoms with Crippen LogP contribution in [0.25, 0.3) is 0 Å². The molecule has 0 atom stereocenters. The van der Waals surface area contributed by atoms with Crippen molar-refractivity contribution in [2.24, 2.45) is 9.98 Å². The number of hydrogen-bond acceptors (Lipinski definition) is 8. The Kier molecular flexibility index (Phi) is 16.9. The summed E-state index contributed by atoms with van der Waals surface area (Å²) < 4.78 is 0. The van der Waals surface area contributed by atoms with Crippen LogP contribution < -0.4 is 10.2 Å². The van der Waals surface area contributed by atoms with Crippen molar-refractivity contribution >= 4 is 35.7 Å². The van der Waals surface area contributed by atoms with Gasteiger partial charge in [-0.1, -0.05) is 87.4 Å². The molecular weight excluding hydrogens is 639 g/mol. The molecule has 47 heavy (non-hydrogen) atoms. The molecular formula is C38H50CoN2O6. The van der Waals surface area contributed by atoms with Gasteiger partial charge in [-0.2, -0.15) is 0 Å². The first-order valence-corrected chi connectivity index (χ1v) is 15.3. The third-order valence-corrected chi connectivity index (χ3v) is 6.81. The number of phenols is 2. The maximum Gasteiger partial charge on any atom is 2.00 e. The minimum Gasteiger partial charge on any atom is -0.550 e. The van der Waals surface area contributed by atoms with Crippen molar-refractivity contribution in [3.05, 3.63) is 81.9 Å². The molecule has 0 aliphatic rings. The summed E-state index contributed by atoms with van der Waals surface area (Å²) in [5, 5.41) is 39.8. The Balaban J connectivity index is 0.00000211. The Morgan fingerprint density at radius 1 is 0.660 bits per heavy atom. The fraction of sp³-hybridized carbons (Fsp3) is 0.421. The molecule has 9 heteroatoms. The van der Waals surface area contributed by atoms with Crippen molar-refractivity contribution in [2.75, 3.05) is 0 Å². The number of benzene rings is 3. The molecule has 0 fully saturated rings. The number of nitrogens with zero attached hydrogens (tertiary/aromatic N) is 2. The number of rotatable bonds is 6. The van der Waals surface area contributed by atoms with Crippen LogP contribution in [0.15, 0.2) is 58.5 Å². The molecule has 0 saturated carbocycles. The van der Waals surface area contributed by atoms with Gasteiger partial charge in [0, 0.05) is 46.6 Å². The number of carboxylic acids is 2. The van der Waals surface area contributed by atoms with Crippen LogP contribution >= 0.6 is 0 Å². The molecule has 0 amide bonds. The molecule has 0 aliphatic carbocycles. The summed E-state index contributed by atoms with van der Waals surface area (Å²) in [5.74, 6) is -0.943. The molecule has 0 bridgehead atoms. The van der Waals surface area contributed by atoms with Gasteiger partial charge in [-0.05, 0) is 78.0 Å². The molecule has 0 aliphatic heterocycles. The van der Waals surface area contributed by atoms with Crippen LogP contribution in [0.1, 0.15) is 128 Å². The number of carbonyl (C=O) groups excluding carboxylic acids is 2. The van der Waals surface area contributed by atoms with Crippen LogP contribution in [-0.4, -0.2) is 34.6 Å². The van der Waals surface area contributed by atoms with Crippen molar-refractivity contribution in [3.8, 4) is 11.5 Å². The van der Waals surface area contributed by atoms with Gasteiger partial charge in [0.25, 0.3) is 0 Å². The van der Waals surface area contributed by atoms with E-state index in [0.29, 0.717) is 23.0 Å². The summed E-state index contributed by atoms with van der Waals surface area (Å²) in [4.78, 5) is 27.1. The molecule has 2 N–H and O–H groups in total. The zero-order valence-corrected chi connectivity index (χ0v) is 30.7. The minimum absolute atomic E-state index is 0. The largest absolute Gasteiger partial charge is 2.00 e. The van der Waals surface area contributed by atoms with Gasteiger partial charge >= 0.3 is 16.8 Å². The van der Waals surface area contributed by atoms with E-state index in [1.165, 1.54) is 11.1 Å². The molecule has 257 valence electrons. The first-order chi connectivity index (χ1) is 21.0. The van der Waals surface area contributed by atoms with E-state index in [2.05, 4.69) is 91.4 Å². The summed E-state index contributed by atoms with van der Waals surface area (Å²) in [5.41, 5.74) is 6.71.